The summed E-state index contributed by atoms with van der Waals surface area (Å²) in [7, 11) is 0. The van der Waals surface area contributed by atoms with Gasteiger partial charge in [-0.2, -0.15) is 0 Å². The minimum Gasteiger partial charge on any atom is -0.456 e. The molecule has 9 aromatic carbocycles. The molecule has 0 unspecified atom stereocenters. The first kappa shape index (κ1) is 26.1. The number of thiophene rings is 1. The summed E-state index contributed by atoms with van der Waals surface area (Å²) in [5, 5.41) is 15.3. The van der Waals surface area contributed by atoms with Gasteiger partial charge in [-0.1, -0.05) is 133 Å². The lowest BCUT2D eigenvalue weighted by Crippen LogP contribution is -1.90. The van der Waals surface area contributed by atoms with Crippen LogP contribution in [-0.2, 0) is 0 Å². The maximum Gasteiger partial charge on any atom is 0.135 e. The Labute approximate surface area is 279 Å². The van der Waals surface area contributed by atoms with Crippen LogP contribution in [0.2, 0.25) is 0 Å². The van der Waals surface area contributed by atoms with Gasteiger partial charge >= 0.3 is 0 Å². The Morgan fingerprint density at radius 2 is 0.812 bits per heavy atom. The van der Waals surface area contributed by atoms with Gasteiger partial charge in [0, 0.05) is 36.3 Å². The van der Waals surface area contributed by atoms with Crippen LogP contribution in [0, 0.1) is 0 Å². The van der Waals surface area contributed by atoms with Gasteiger partial charge in [-0.3, -0.25) is 0 Å². The molecule has 0 spiro atoms. The summed E-state index contributed by atoms with van der Waals surface area (Å²) < 4.78 is 8.88. The van der Waals surface area contributed by atoms with Crippen molar-refractivity contribution in [1.82, 2.24) is 0 Å². The van der Waals surface area contributed by atoms with Gasteiger partial charge in [0.2, 0.25) is 0 Å². The Kier molecular flexibility index (Phi) is 5.32. The lowest BCUT2D eigenvalue weighted by molar-refractivity contribution is 0.669. The molecule has 0 saturated heterocycles. The van der Waals surface area contributed by atoms with E-state index in [1.165, 1.54) is 85.5 Å². The highest BCUT2D eigenvalue weighted by atomic mass is 32.1. The Morgan fingerprint density at radius 3 is 1.48 bits per heavy atom. The van der Waals surface area contributed by atoms with Crippen molar-refractivity contribution in [2.75, 3.05) is 0 Å². The van der Waals surface area contributed by atoms with Crippen LogP contribution < -0.4 is 0 Å². The molecular formula is C46H26OS. The Balaban J connectivity index is 1.21. The summed E-state index contributed by atoms with van der Waals surface area (Å²) in [6.07, 6.45) is 0. The van der Waals surface area contributed by atoms with E-state index in [0.717, 1.165) is 21.9 Å². The Bertz CT molecular complexity index is 3060. The number of furan rings is 1. The fourth-order valence-electron chi connectivity index (χ4n) is 8.19. The van der Waals surface area contributed by atoms with E-state index < -0.39 is 0 Å². The van der Waals surface area contributed by atoms with E-state index >= 15 is 0 Å². The van der Waals surface area contributed by atoms with Crippen LogP contribution in [0.4, 0.5) is 0 Å². The predicted octanol–water partition coefficient (Wildman–Crippen LogP) is 13.9. The predicted molar refractivity (Wildman–Crippen MR) is 208 cm³/mol. The van der Waals surface area contributed by atoms with Gasteiger partial charge in [0.05, 0.1) is 0 Å². The lowest BCUT2D eigenvalue weighted by atomic mass is 9.85. The van der Waals surface area contributed by atoms with Crippen molar-refractivity contribution in [3.8, 4) is 22.3 Å². The van der Waals surface area contributed by atoms with Gasteiger partial charge in [0.25, 0.3) is 0 Å². The lowest BCUT2D eigenvalue weighted by Gasteiger charge is -2.18. The average molecular weight is 627 g/mol. The minimum absolute atomic E-state index is 0.919. The van der Waals surface area contributed by atoms with Crippen LogP contribution in [0.25, 0.3) is 107 Å². The first-order valence-corrected chi connectivity index (χ1v) is 17.2. The Hall–Kier alpha value is -5.96. The molecule has 2 heterocycles. The number of benzene rings is 9. The summed E-state index contributed by atoms with van der Waals surface area (Å²) in [5.74, 6) is 0. The highest BCUT2D eigenvalue weighted by Gasteiger charge is 2.19. The first-order valence-electron chi connectivity index (χ1n) is 16.4. The molecule has 11 rings (SSSR count). The molecule has 2 heteroatoms. The summed E-state index contributed by atoms with van der Waals surface area (Å²) >= 11 is 1.92. The third kappa shape index (κ3) is 3.55. The van der Waals surface area contributed by atoms with Gasteiger partial charge in [0.15, 0.2) is 0 Å². The normalized spacial score (nSPS) is 12.2. The van der Waals surface area contributed by atoms with E-state index in [2.05, 4.69) is 146 Å². The standard InChI is InChI=1S/C46H26OS/c1-3-14-32-29(11-1)30-12-2-8-19-37(30)46-45(32)38-23-21-28(26-42(38)48-46)44-35-17-6-4-15-33(35)43(34-16-5-7-18-36(34)44)27-22-24-41-39(25-27)31-13-9-10-20-40(31)47-41/h1-26H. The summed E-state index contributed by atoms with van der Waals surface area (Å²) in [6.45, 7) is 0. The zero-order chi connectivity index (χ0) is 31.3. The molecule has 0 aliphatic rings. The molecular weight excluding hydrogens is 601 g/mol. The van der Waals surface area contributed by atoms with Gasteiger partial charge in [-0.25, -0.2) is 0 Å². The van der Waals surface area contributed by atoms with E-state index in [0.29, 0.717) is 0 Å². The fraction of sp³-hybridized carbons (Fsp3) is 0. The van der Waals surface area contributed by atoms with E-state index in [9.17, 15) is 0 Å². The SMILES string of the molecule is c1ccc2c(c1)oc1ccc(-c3c4ccccc4c(-c4ccc5c(c4)sc4c6ccccc6c6ccccc6c54)c4ccccc34)cc12. The fourth-order valence-corrected chi connectivity index (χ4v) is 9.49. The van der Waals surface area contributed by atoms with E-state index in [1.54, 1.807) is 0 Å². The van der Waals surface area contributed by atoms with Crippen LogP contribution in [0.1, 0.15) is 0 Å². The average Bonchev–Trinajstić information content (AvgIpc) is 3.72. The molecule has 0 aliphatic heterocycles. The van der Waals surface area contributed by atoms with Crippen molar-refractivity contribution < 1.29 is 4.42 Å². The van der Waals surface area contributed by atoms with E-state index in [4.69, 9.17) is 4.42 Å². The molecule has 0 saturated carbocycles. The summed E-state index contributed by atoms with van der Waals surface area (Å²) in [4.78, 5) is 0. The van der Waals surface area contributed by atoms with Crippen molar-refractivity contribution >= 4 is 96.5 Å². The maximum atomic E-state index is 6.20. The van der Waals surface area contributed by atoms with Crippen molar-refractivity contribution in [1.29, 1.82) is 0 Å². The van der Waals surface area contributed by atoms with Crippen LogP contribution in [0.3, 0.4) is 0 Å². The molecule has 1 nitrogen and oxygen atoms in total. The maximum absolute atomic E-state index is 6.20. The molecule has 0 atom stereocenters. The zero-order valence-electron chi connectivity index (χ0n) is 25.8. The molecule has 0 fully saturated rings. The highest BCUT2D eigenvalue weighted by Crippen LogP contribution is 2.48. The molecule has 2 aromatic heterocycles. The van der Waals surface area contributed by atoms with Gasteiger partial charge in [0.1, 0.15) is 11.2 Å². The van der Waals surface area contributed by atoms with Crippen LogP contribution in [0.5, 0.6) is 0 Å². The molecule has 0 bridgehead atoms. The third-order valence-electron chi connectivity index (χ3n) is 10.2. The third-order valence-corrected chi connectivity index (χ3v) is 11.4. The van der Waals surface area contributed by atoms with Crippen molar-refractivity contribution in [3.63, 3.8) is 0 Å². The second kappa shape index (κ2) is 9.78. The number of para-hydroxylation sites is 1. The molecule has 0 amide bonds. The second-order valence-corrected chi connectivity index (χ2v) is 13.8. The second-order valence-electron chi connectivity index (χ2n) is 12.8. The molecule has 0 radical (unpaired) electrons. The van der Waals surface area contributed by atoms with Crippen molar-refractivity contribution in [2.45, 2.75) is 0 Å². The summed E-state index contributed by atoms with van der Waals surface area (Å²) in [6, 6.07) is 57.7. The summed E-state index contributed by atoms with van der Waals surface area (Å²) in [5.41, 5.74) is 6.84. The van der Waals surface area contributed by atoms with Gasteiger partial charge < -0.3 is 4.42 Å². The van der Waals surface area contributed by atoms with Gasteiger partial charge in [-0.05, 0) is 84.2 Å². The van der Waals surface area contributed by atoms with E-state index in [-0.39, 0.29) is 0 Å². The smallest absolute Gasteiger partial charge is 0.135 e. The number of hydrogen-bond acceptors (Lipinski definition) is 2. The highest BCUT2D eigenvalue weighted by molar-refractivity contribution is 7.27. The quantitative estimate of drug-likeness (QED) is 0.137. The zero-order valence-corrected chi connectivity index (χ0v) is 26.6. The van der Waals surface area contributed by atoms with Crippen molar-refractivity contribution in [2.24, 2.45) is 0 Å². The Morgan fingerprint density at radius 1 is 0.333 bits per heavy atom. The minimum atomic E-state index is 0.919. The van der Waals surface area contributed by atoms with Crippen LogP contribution >= 0.6 is 11.3 Å². The number of fused-ring (bicyclic) bond motifs is 13. The number of hydrogen-bond donors (Lipinski definition) is 0. The molecule has 222 valence electrons. The monoisotopic (exact) mass is 626 g/mol. The molecule has 0 aliphatic carbocycles. The van der Waals surface area contributed by atoms with Crippen LogP contribution in [-0.4, -0.2) is 0 Å². The molecule has 0 N–H and O–H groups in total. The van der Waals surface area contributed by atoms with Gasteiger partial charge in [-0.15, -0.1) is 11.3 Å². The van der Waals surface area contributed by atoms with E-state index in [1.807, 2.05) is 23.5 Å². The van der Waals surface area contributed by atoms with Crippen molar-refractivity contribution in [3.05, 3.63) is 158 Å². The topological polar surface area (TPSA) is 13.1 Å². The molecule has 48 heavy (non-hydrogen) atoms. The number of rotatable bonds is 2. The van der Waals surface area contributed by atoms with Crippen LogP contribution in [0.15, 0.2) is 162 Å². The molecule has 11 aromatic rings. The largest absolute Gasteiger partial charge is 0.456 e. The first-order chi connectivity index (χ1) is 23.8.